The monoisotopic (exact) mass is 372 g/mol. The van der Waals surface area contributed by atoms with Crippen LogP contribution in [0.4, 0.5) is 10.1 Å². The van der Waals surface area contributed by atoms with Crippen LogP contribution >= 0.6 is 0 Å². The van der Waals surface area contributed by atoms with Crippen LogP contribution in [-0.2, 0) is 10.0 Å². The van der Waals surface area contributed by atoms with Gasteiger partial charge in [0.05, 0.1) is 11.4 Å². The molecule has 0 unspecified atom stereocenters. The van der Waals surface area contributed by atoms with E-state index in [-0.39, 0.29) is 18.0 Å². The largest absolute Gasteiger partial charge is 0.356 e. The van der Waals surface area contributed by atoms with Crippen molar-refractivity contribution in [3.63, 3.8) is 0 Å². The average molecular weight is 373 g/mol. The summed E-state index contributed by atoms with van der Waals surface area (Å²) < 4.78 is 40.1. The SMILES string of the molecule is CCC(CC)CNC(=NC)NCCS(=O)(=O)Nc1ccc(C)c(F)c1. The van der Waals surface area contributed by atoms with Gasteiger partial charge in [0.15, 0.2) is 5.96 Å². The number of aliphatic imine (C=N–C) groups is 1. The molecule has 1 aromatic carbocycles. The van der Waals surface area contributed by atoms with Crippen LogP contribution in [0.25, 0.3) is 0 Å². The predicted octanol–water partition coefficient (Wildman–Crippen LogP) is 2.48. The fourth-order valence-corrected chi connectivity index (χ4v) is 3.19. The quantitative estimate of drug-likeness (QED) is 0.459. The molecular formula is C17H29FN4O2S. The van der Waals surface area contributed by atoms with E-state index in [4.69, 9.17) is 0 Å². The molecule has 1 rings (SSSR count). The molecule has 0 heterocycles. The molecule has 0 atom stereocenters. The molecule has 1 aromatic rings. The van der Waals surface area contributed by atoms with E-state index in [0.717, 1.165) is 19.4 Å². The van der Waals surface area contributed by atoms with E-state index in [2.05, 4.69) is 34.2 Å². The maximum absolute atomic E-state index is 13.5. The molecule has 0 aliphatic heterocycles. The predicted molar refractivity (Wildman–Crippen MR) is 102 cm³/mol. The van der Waals surface area contributed by atoms with Gasteiger partial charge in [-0.2, -0.15) is 0 Å². The van der Waals surface area contributed by atoms with Gasteiger partial charge in [0.2, 0.25) is 10.0 Å². The van der Waals surface area contributed by atoms with Crippen molar-refractivity contribution in [3.8, 4) is 0 Å². The van der Waals surface area contributed by atoms with Crippen molar-refractivity contribution >= 4 is 21.7 Å². The Kier molecular flexibility index (Phi) is 8.68. The van der Waals surface area contributed by atoms with Crippen molar-refractivity contribution in [2.24, 2.45) is 10.9 Å². The summed E-state index contributed by atoms with van der Waals surface area (Å²) in [6.07, 6.45) is 2.15. The molecule has 0 radical (unpaired) electrons. The molecule has 0 fully saturated rings. The minimum Gasteiger partial charge on any atom is -0.356 e. The highest BCUT2D eigenvalue weighted by Crippen LogP contribution is 2.14. The van der Waals surface area contributed by atoms with E-state index >= 15 is 0 Å². The number of nitrogens with zero attached hydrogens (tertiary/aromatic N) is 1. The number of sulfonamides is 1. The summed E-state index contributed by atoms with van der Waals surface area (Å²) in [4.78, 5) is 4.08. The Morgan fingerprint density at radius 3 is 2.48 bits per heavy atom. The number of guanidine groups is 1. The van der Waals surface area contributed by atoms with Crippen LogP contribution in [-0.4, -0.2) is 40.3 Å². The lowest BCUT2D eigenvalue weighted by Crippen LogP contribution is -2.41. The van der Waals surface area contributed by atoms with Crippen molar-refractivity contribution in [2.45, 2.75) is 33.6 Å². The van der Waals surface area contributed by atoms with E-state index in [1.54, 1.807) is 20.0 Å². The molecule has 0 aromatic heterocycles. The Labute approximate surface area is 150 Å². The van der Waals surface area contributed by atoms with E-state index < -0.39 is 15.8 Å². The molecule has 8 heteroatoms. The molecule has 25 heavy (non-hydrogen) atoms. The number of hydrogen-bond donors (Lipinski definition) is 3. The molecule has 0 saturated carbocycles. The summed E-state index contributed by atoms with van der Waals surface area (Å²) in [6, 6.07) is 4.25. The molecule has 0 bridgehead atoms. The number of hydrogen-bond acceptors (Lipinski definition) is 3. The molecule has 0 spiro atoms. The average Bonchev–Trinajstić information content (AvgIpc) is 2.57. The summed E-state index contributed by atoms with van der Waals surface area (Å²) in [7, 11) is -1.93. The van der Waals surface area contributed by atoms with E-state index in [9.17, 15) is 12.8 Å². The molecule has 0 aliphatic rings. The molecular weight excluding hydrogens is 343 g/mol. The van der Waals surface area contributed by atoms with Crippen LogP contribution in [0.1, 0.15) is 32.3 Å². The first-order valence-corrected chi connectivity index (χ1v) is 10.2. The number of benzene rings is 1. The summed E-state index contributed by atoms with van der Waals surface area (Å²) in [5, 5.41) is 6.18. The van der Waals surface area contributed by atoms with E-state index in [0.29, 0.717) is 17.4 Å². The van der Waals surface area contributed by atoms with Crippen LogP contribution in [0.2, 0.25) is 0 Å². The van der Waals surface area contributed by atoms with Gasteiger partial charge >= 0.3 is 0 Å². The van der Waals surface area contributed by atoms with Crippen LogP contribution in [0.3, 0.4) is 0 Å². The zero-order valence-corrected chi connectivity index (χ0v) is 16.2. The van der Waals surface area contributed by atoms with Gasteiger partial charge in [-0.1, -0.05) is 32.8 Å². The Morgan fingerprint density at radius 2 is 1.92 bits per heavy atom. The fourth-order valence-electron chi connectivity index (χ4n) is 2.23. The van der Waals surface area contributed by atoms with E-state index in [1.807, 2.05) is 0 Å². The highest BCUT2D eigenvalue weighted by molar-refractivity contribution is 7.92. The zero-order chi connectivity index (χ0) is 18.9. The molecule has 0 amide bonds. The molecule has 142 valence electrons. The number of rotatable bonds is 9. The van der Waals surface area contributed by atoms with Gasteiger partial charge < -0.3 is 10.6 Å². The molecule has 3 N–H and O–H groups in total. The third-order valence-corrected chi connectivity index (χ3v) is 5.33. The van der Waals surface area contributed by atoms with Gasteiger partial charge in [-0.25, -0.2) is 12.8 Å². The first-order valence-electron chi connectivity index (χ1n) is 8.52. The first-order chi connectivity index (χ1) is 11.8. The van der Waals surface area contributed by atoms with Gasteiger partial charge in [-0.3, -0.25) is 9.71 Å². The van der Waals surface area contributed by atoms with Crippen LogP contribution in [0.15, 0.2) is 23.2 Å². The molecule has 6 nitrogen and oxygen atoms in total. The maximum Gasteiger partial charge on any atom is 0.234 e. The van der Waals surface area contributed by atoms with Gasteiger partial charge in [0.1, 0.15) is 5.82 Å². The second-order valence-electron chi connectivity index (χ2n) is 5.95. The third-order valence-electron chi connectivity index (χ3n) is 4.04. The summed E-state index contributed by atoms with van der Waals surface area (Å²) in [5.74, 6) is 0.543. The zero-order valence-electron chi connectivity index (χ0n) is 15.4. The van der Waals surface area contributed by atoms with Crippen molar-refractivity contribution in [2.75, 3.05) is 30.6 Å². The van der Waals surface area contributed by atoms with Crippen LogP contribution in [0.5, 0.6) is 0 Å². The molecule has 0 aliphatic carbocycles. The smallest absolute Gasteiger partial charge is 0.234 e. The van der Waals surface area contributed by atoms with Crippen molar-refractivity contribution < 1.29 is 12.8 Å². The third kappa shape index (κ3) is 7.72. The maximum atomic E-state index is 13.5. The van der Waals surface area contributed by atoms with Crippen LogP contribution in [0, 0.1) is 18.7 Å². The van der Waals surface area contributed by atoms with Crippen LogP contribution < -0.4 is 15.4 Å². The minimum absolute atomic E-state index is 0.145. The highest BCUT2D eigenvalue weighted by atomic mass is 32.2. The van der Waals surface area contributed by atoms with E-state index in [1.165, 1.54) is 12.1 Å². The first kappa shape index (κ1) is 21.2. The number of aryl methyl sites for hydroxylation is 1. The standard InChI is InChI=1S/C17H29FN4O2S/c1-5-14(6-2)12-21-17(19-4)20-9-10-25(23,24)22-15-8-7-13(3)16(18)11-15/h7-8,11,14,22H,5-6,9-10,12H2,1-4H3,(H2,19,20,21). The Balaban J connectivity index is 2.48. The van der Waals surface area contributed by atoms with Crippen molar-refractivity contribution in [1.82, 2.24) is 10.6 Å². The van der Waals surface area contributed by atoms with Crippen molar-refractivity contribution in [3.05, 3.63) is 29.6 Å². The van der Waals surface area contributed by atoms with Crippen molar-refractivity contribution in [1.29, 1.82) is 0 Å². The lowest BCUT2D eigenvalue weighted by molar-refractivity contribution is 0.481. The lowest BCUT2D eigenvalue weighted by Gasteiger charge is -2.17. The Bertz CT molecular complexity index is 673. The summed E-state index contributed by atoms with van der Waals surface area (Å²) in [5.41, 5.74) is 0.691. The summed E-state index contributed by atoms with van der Waals surface area (Å²) in [6.45, 7) is 6.89. The topological polar surface area (TPSA) is 82.6 Å². The number of halogens is 1. The lowest BCUT2D eigenvalue weighted by atomic mass is 10.0. The summed E-state index contributed by atoms with van der Waals surface area (Å²) >= 11 is 0. The second kappa shape index (κ2) is 10.2. The van der Waals surface area contributed by atoms with Gasteiger partial charge in [-0.15, -0.1) is 0 Å². The number of anilines is 1. The highest BCUT2D eigenvalue weighted by Gasteiger charge is 2.12. The second-order valence-corrected chi connectivity index (χ2v) is 7.79. The van der Waals surface area contributed by atoms with Gasteiger partial charge in [-0.05, 0) is 30.5 Å². The van der Waals surface area contributed by atoms with Gasteiger partial charge in [0, 0.05) is 20.1 Å². The number of nitrogens with one attached hydrogen (secondary N) is 3. The minimum atomic E-state index is -3.57. The molecule has 0 saturated heterocycles. The Morgan fingerprint density at radius 1 is 1.24 bits per heavy atom. The Hall–Kier alpha value is -1.83. The normalized spacial score (nSPS) is 12.3. The fraction of sp³-hybridized carbons (Fsp3) is 0.588. The van der Waals surface area contributed by atoms with Gasteiger partial charge in [0.25, 0.3) is 0 Å².